The third-order valence-corrected chi connectivity index (χ3v) is 3.36. The summed E-state index contributed by atoms with van der Waals surface area (Å²) in [5.41, 5.74) is 1.08. The van der Waals surface area contributed by atoms with Crippen molar-refractivity contribution in [1.82, 2.24) is 4.98 Å². The molecule has 1 rings (SSSR count). The Morgan fingerprint density at radius 3 is 2.69 bits per heavy atom. The monoisotopic (exact) mass is 198 g/mol. The fourth-order valence-electron chi connectivity index (χ4n) is 0.776. The molecule has 0 saturated heterocycles. The van der Waals surface area contributed by atoms with E-state index in [-0.39, 0.29) is 0 Å². The third-order valence-electron chi connectivity index (χ3n) is 1.72. The van der Waals surface area contributed by atoms with E-state index >= 15 is 0 Å². The number of pyridine rings is 1. The van der Waals surface area contributed by atoms with Crippen molar-refractivity contribution in [3.05, 3.63) is 23.9 Å². The Labute approximate surface area is 79.4 Å². The minimum Gasteiger partial charge on any atom is -0.250 e. The zero-order valence-corrected chi connectivity index (χ0v) is 8.97. The van der Waals surface area contributed by atoms with Crippen LogP contribution in [0.4, 0.5) is 5.82 Å². The van der Waals surface area contributed by atoms with Crippen molar-refractivity contribution >= 4 is 15.5 Å². The van der Waals surface area contributed by atoms with E-state index in [0.717, 1.165) is 5.56 Å². The number of aryl methyl sites for hydroxylation is 1. The van der Waals surface area contributed by atoms with E-state index in [2.05, 4.69) is 9.35 Å². The molecule has 0 N–H and O–H groups in total. The molecule has 0 aliphatic heterocycles. The predicted octanol–water partition coefficient (Wildman–Crippen LogP) is 2.14. The molecule has 3 nitrogen and oxygen atoms in total. The third kappa shape index (κ3) is 3.14. The van der Waals surface area contributed by atoms with Gasteiger partial charge in [0.05, 0.1) is 9.73 Å². The standard InChI is InChI=1S/C9H14N2OS/c1-4-13(3,12)11-9-6-5-8(2)7-10-9/h5-7H,4H2,1-3H3/t13-/m0/s1. The Balaban J connectivity index is 3.06. The van der Waals surface area contributed by atoms with Gasteiger partial charge in [-0.25, -0.2) is 9.19 Å². The molecule has 72 valence electrons. The molecule has 13 heavy (non-hydrogen) atoms. The van der Waals surface area contributed by atoms with Gasteiger partial charge in [-0.15, -0.1) is 0 Å². The lowest BCUT2D eigenvalue weighted by atomic mass is 10.3. The smallest absolute Gasteiger partial charge is 0.161 e. The van der Waals surface area contributed by atoms with E-state index < -0.39 is 9.73 Å². The molecule has 4 heteroatoms. The van der Waals surface area contributed by atoms with Crippen molar-refractivity contribution < 1.29 is 4.21 Å². The van der Waals surface area contributed by atoms with Gasteiger partial charge in [-0.05, 0) is 18.6 Å². The minimum atomic E-state index is -2.07. The zero-order chi connectivity index (χ0) is 9.90. The first-order chi connectivity index (χ1) is 6.03. The fraction of sp³-hybridized carbons (Fsp3) is 0.444. The quantitative estimate of drug-likeness (QED) is 0.730. The number of rotatable bonds is 2. The summed E-state index contributed by atoms with van der Waals surface area (Å²) in [5, 5.41) is 0. The van der Waals surface area contributed by atoms with Crippen LogP contribution >= 0.6 is 0 Å². The molecule has 0 spiro atoms. The summed E-state index contributed by atoms with van der Waals surface area (Å²) in [4.78, 5) is 4.07. The van der Waals surface area contributed by atoms with Crippen LogP contribution in [0.15, 0.2) is 22.7 Å². The molecule has 0 aromatic carbocycles. The van der Waals surface area contributed by atoms with E-state index in [4.69, 9.17) is 0 Å². The molecule has 0 bridgehead atoms. The number of aromatic nitrogens is 1. The van der Waals surface area contributed by atoms with Gasteiger partial charge in [-0.1, -0.05) is 13.0 Å². The van der Waals surface area contributed by atoms with Gasteiger partial charge in [0.15, 0.2) is 5.82 Å². The van der Waals surface area contributed by atoms with Crippen molar-refractivity contribution in [2.45, 2.75) is 13.8 Å². The summed E-state index contributed by atoms with van der Waals surface area (Å²) >= 11 is 0. The lowest BCUT2D eigenvalue weighted by Gasteiger charge is -1.99. The van der Waals surface area contributed by atoms with Gasteiger partial charge < -0.3 is 0 Å². The van der Waals surface area contributed by atoms with Crippen LogP contribution in [0.1, 0.15) is 12.5 Å². The molecule has 1 heterocycles. The van der Waals surface area contributed by atoms with Crippen molar-refractivity contribution in [3.8, 4) is 0 Å². The maximum absolute atomic E-state index is 11.6. The zero-order valence-electron chi connectivity index (χ0n) is 8.15. The first-order valence-corrected chi connectivity index (χ1v) is 6.25. The van der Waals surface area contributed by atoms with Crippen LogP contribution in [0.5, 0.6) is 0 Å². The van der Waals surface area contributed by atoms with Gasteiger partial charge in [-0.2, -0.15) is 4.36 Å². The van der Waals surface area contributed by atoms with Crippen molar-refractivity contribution in [1.29, 1.82) is 0 Å². The SMILES string of the molecule is CC[S@](C)(=O)=Nc1ccc(C)cn1. The van der Waals surface area contributed by atoms with E-state index in [1.807, 2.05) is 19.9 Å². The molecule has 0 aliphatic carbocycles. The minimum absolute atomic E-state index is 0.556. The maximum atomic E-state index is 11.6. The van der Waals surface area contributed by atoms with Crippen molar-refractivity contribution in [2.75, 3.05) is 12.0 Å². The van der Waals surface area contributed by atoms with Crippen LogP contribution in [-0.2, 0) is 9.73 Å². The van der Waals surface area contributed by atoms with Gasteiger partial charge >= 0.3 is 0 Å². The predicted molar refractivity (Wildman–Crippen MR) is 55.7 cm³/mol. The molecule has 1 atom stereocenters. The summed E-state index contributed by atoms with van der Waals surface area (Å²) < 4.78 is 15.7. The molecule has 0 amide bonds. The highest BCUT2D eigenvalue weighted by molar-refractivity contribution is 7.93. The second-order valence-electron chi connectivity index (χ2n) is 3.03. The number of nitrogens with zero attached hydrogens (tertiary/aromatic N) is 2. The van der Waals surface area contributed by atoms with Gasteiger partial charge in [0.1, 0.15) is 0 Å². The van der Waals surface area contributed by atoms with E-state index in [1.54, 1.807) is 18.5 Å². The van der Waals surface area contributed by atoms with Gasteiger partial charge in [0.2, 0.25) is 0 Å². The van der Waals surface area contributed by atoms with Crippen LogP contribution < -0.4 is 0 Å². The molecule has 0 unspecified atom stereocenters. The van der Waals surface area contributed by atoms with Crippen LogP contribution in [0.3, 0.4) is 0 Å². The first kappa shape index (κ1) is 10.2. The van der Waals surface area contributed by atoms with Crippen LogP contribution in [0, 0.1) is 6.92 Å². The average Bonchev–Trinajstić information content (AvgIpc) is 2.09. The van der Waals surface area contributed by atoms with Gasteiger partial charge in [-0.3, -0.25) is 0 Å². The molecule has 0 fully saturated rings. The topological polar surface area (TPSA) is 42.3 Å². The highest BCUT2D eigenvalue weighted by Crippen LogP contribution is 2.10. The lowest BCUT2D eigenvalue weighted by Crippen LogP contribution is -1.98. The van der Waals surface area contributed by atoms with Crippen LogP contribution in [-0.4, -0.2) is 21.2 Å². The van der Waals surface area contributed by atoms with Gasteiger partial charge in [0, 0.05) is 18.2 Å². The summed E-state index contributed by atoms with van der Waals surface area (Å²) in [6, 6.07) is 3.70. The number of hydrogen-bond acceptors (Lipinski definition) is 3. The molecular weight excluding hydrogens is 184 g/mol. The number of hydrogen-bond donors (Lipinski definition) is 0. The average molecular weight is 198 g/mol. The molecule has 1 aromatic heterocycles. The van der Waals surface area contributed by atoms with Crippen LogP contribution in [0.2, 0.25) is 0 Å². The molecule has 0 saturated carbocycles. The summed E-state index contributed by atoms with van der Waals surface area (Å²) in [6.07, 6.45) is 3.37. The van der Waals surface area contributed by atoms with Crippen molar-refractivity contribution in [2.24, 2.45) is 4.36 Å². The Bertz CT molecular complexity index is 389. The Hall–Kier alpha value is -0.900. The highest BCUT2D eigenvalue weighted by Gasteiger charge is 1.97. The van der Waals surface area contributed by atoms with Crippen LogP contribution in [0.25, 0.3) is 0 Å². The lowest BCUT2D eigenvalue weighted by molar-refractivity contribution is 0.681. The Morgan fingerprint density at radius 1 is 1.54 bits per heavy atom. The van der Waals surface area contributed by atoms with Gasteiger partial charge in [0.25, 0.3) is 0 Å². The normalized spacial score (nSPS) is 15.0. The van der Waals surface area contributed by atoms with E-state index in [9.17, 15) is 4.21 Å². The second kappa shape index (κ2) is 3.87. The molecule has 0 aliphatic rings. The second-order valence-corrected chi connectivity index (χ2v) is 5.71. The Kier molecular flexibility index (Phi) is 3.03. The summed E-state index contributed by atoms with van der Waals surface area (Å²) in [6.45, 7) is 3.82. The maximum Gasteiger partial charge on any atom is 0.161 e. The summed E-state index contributed by atoms with van der Waals surface area (Å²) in [5.74, 6) is 1.11. The van der Waals surface area contributed by atoms with E-state index in [1.165, 1.54) is 0 Å². The fourth-order valence-corrected chi connectivity index (χ4v) is 1.41. The highest BCUT2D eigenvalue weighted by atomic mass is 32.2. The largest absolute Gasteiger partial charge is 0.250 e. The Morgan fingerprint density at radius 2 is 2.23 bits per heavy atom. The summed E-state index contributed by atoms with van der Waals surface area (Å²) in [7, 11) is -2.07. The van der Waals surface area contributed by atoms with Crippen molar-refractivity contribution in [3.63, 3.8) is 0 Å². The molecular formula is C9H14N2OS. The molecule has 1 aromatic rings. The van der Waals surface area contributed by atoms with E-state index in [0.29, 0.717) is 11.6 Å². The molecule has 0 radical (unpaired) electrons. The first-order valence-electron chi connectivity index (χ1n) is 4.16.